The van der Waals surface area contributed by atoms with E-state index in [4.69, 9.17) is 14.5 Å². The molecule has 14 nitrogen and oxygen atoms in total. The second-order valence-electron chi connectivity index (χ2n) is 11.4. The van der Waals surface area contributed by atoms with Crippen LogP contribution < -0.4 is 21.5 Å². The molecule has 3 amide bonds. The molecular formula is C31H32FN5O9. The lowest BCUT2D eigenvalue weighted by Gasteiger charge is -2.31. The summed E-state index contributed by atoms with van der Waals surface area (Å²) in [6.07, 6.45) is 0.123. The molecule has 0 unspecified atom stereocenters. The summed E-state index contributed by atoms with van der Waals surface area (Å²) in [4.78, 5) is 67.0. The number of cyclic esters (lactones) is 1. The van der Waals surface area contributed by atoms with Crippen LogP contribution in [0.3, 0.4) is 0 Å². The number of amides is 3. The van der Waals surface area contributed by atoms with Crippen molar-refractivity contribution in [3.05, 3.63) is 61.7 Å². The molecule has 2 aliphatic heterocycles. The second-order valence-corrected chi connectivity index (χ2v) is 11.4. The molecule has 4 heterocycles. The fraction of sp³-hybridized carbons (Fsp3) is 0.419. The minimum absolute atomic E-state index is 0.0108. The number of hydrogen-bond donors (Lipinski definition) is 4. The summed E-state index contributed by atoms with van der Waals surface area (Å²) >= 11 is 0. The van der Waals surface area contributed by atoms with Crippen molar-refractivity contribution in [3.63, 3.8) is 0 Å². The highest BCUT2D eigenvalue weighted by molar-refractivity contribution is 5.94. The van der Waals surface area contributed by atoms with Gasteiger partial charge in [0, 0.05) is 22.6 Å². The first-order valence-corrected chi connectivity index (χ1v) is 14.8. The van der Waals surface area contributed by atoms with Crippen LogP contribution in [0, 0.1) is 12.7 Å². The summed E-state index contributed by atoms with van der Waals surface area (Å²) in [5, 5.41) is 19.5. The molecule has 15 heteroatoms. The van der Waals surface area contributed by atoms with Gasteiger partial charge in [0.25, 0.3) is 5.56 Å². The van der Waals surface area contributed by atoms with Crippen LogP contribution in [0.2, 0.25) is 0 Å². The van der Waals surface area contributed by atoms with Crippen LogP contribution in [0.4, 0.5) is 9.18 Å². The van der Waals surface area contributed by atoms with E-state index < -0.39 is 46.9 Å². The number of fused-ring (bicyclic) bond motifs is 5. The first kappa shape index (κ1) is 31.1. The summed E-state index contributed by atoms with van der Waals surface area (Å²) in [6.45, 7) is 2.14. The Kier molecular flexibility index (Phi) is 7.98. The van der Waals surface area contributed by atoms with Crippen molar-refractivity contribution in [2.45, 2.75) is 57.9 Å². The third-order valence-electron chi connectivity index (χ3n) is 8.90. The van der Waals surface area contributed by atoms with E-state index in [1.807, 2.05) is 0 Å². The van der Waals surface area contributed by atoms with Gasteiger partial charge in [-0.2, -0.15) is 0 Å². The summed E-state index contributed by atoms with van der Waals surface area (Å²) in [6, 6.07) is 2.38. The highest BCUT2D eigenvalue weighted by Gasteiger charge is 2.46. The molecule has 0 radical (unpaired) electrons. The molecule has 0 saturated carbocycles. The van der Waals surface area contributed by atoms with Gasteiger partial charge >= 0.3 is 12.1 Å². The third-order valence-corrected chi connectivity index (χ3v) is 8.90. The number of alkyl carbamates (subject to hydrolysis) is 1. The van der Waals surface area contributed by atoms with Gasteiger partial charge in [-0.1, -0.05) is 6.92 Å². The van der Waals surface area contributed by atoms with Gasteiger partial charge < -0.3 is 39.8 Å². The Hall–Kier alpha value is -4.89. The number of hydrogen-bond acceptors (Lipinski definition) is 10. The van der Waals surface area contributed by atoms with Crippen molar-refractivity contribution < 1.29 is 42.9 Å². The predicted octanol–water partition coefficient (Wildman–Crippen LogP) is 1.08. The zero-order valence-corrected chi connectivity index (χ0v) is 25.4. The number of aliphatic hydroxyl groups is 1. The standard InChI is InChI=1S/C31H32FN5O9/c1-4-31(43)18-7-22-27-16(10-37(22)28(40)17(18)11-46-29(31)41)26-20(6-5-15-14(2)19(32)8-21(36-27)25(15)26)35-24(39)12-45-13-34-23(38)9-33-30(42)44-3/h7-8,20,43H,4-6,9-13H2,1-3H3,(H,33,42)(H,34,38)(H,35,39)/t20-,31-/m0/s1. The molecular weight excluding hydrogens is 605 g/mol. The number of aromatic nitrogens is 2. The fourth-order valence-electron chi connectivity index (χ4n) is 6.50. The van der Waals surface area contributed by atoms with E-state index in [0.717, 1.165) is 5.56 Å². The maximum atomic E-state index is 15.1. The number of esters is 1. The van der Waals surface area contributed by atoms with Crippen molar-refractivity contribution in [2.24, 2.45) is 0 Å². The topological polar surface area (TPSA) is 187 Å². The van der Waals surface area contributed by atoms with E-state index in [0.29, 0.717) is 51.8 Å². The van der Waals surface area contributed by atoms with E-state index in [1.165, 1.54) is 17.7 Å². The molecule has 6 rings (SSSR count). The molecule has 0 fully saturated rings. The van der Waals surface area contributed by atoms with E-state index in [-0.39, 0.29) is 50.6 Å². The Labute approximate surface area is 261 Å². The van der Waals surface area contributed by atoms with Crippen molar-refractivity contribution in [2.75, 3.05) is 27.0 Å². The molecule has 3 aromatic rings. The van der Waals surface area contributed by atoms with Crippen molar-refractivity contribution >= 4 is 34.8 Å². The number of pyridine rings is 2. The molecule has 1 aliphatic carbocycles. The summed E-state index contributed by atoms with van der Waals surface area (Å²) in [7, 11) is 1.17. The number of methoxy groups -OCH3 is 1. The fourth-order valence-corrected chi connectivity index (χ4v) is 6.50. The smallest absolute Gasteiger partial charge is 0.407 e. The summed E-state index contributed by atoms with van der Waals surface area (Å²) in [5.41, 5.74) is 1.66. The van der Waals surface area contributed by atoms with E-state index in [1.54, 1.807) is 19.9 Å². The SMILES string of the molecule is CC[C@@]1(O)C(=O)OCc2c1cc1n(c2=O)Cc2c-1nc1cc(F)c(C)c3c1c2[C@@H](NC(=O)COCNC(=O)CNC(=O)OC)CC3. The first-order chi connectivity index (χ1) is 22.0. The lowest BCUT2D eigenvalue weighted by Crippen LogP contribution is -2.44. The minimum atomic E-state index is -2.00. The third kappa shape index (κ3) is 5.04. The van der Waals surface area contributed by atoms with Crippen LogP contribution in [0.5, 0.6) is 0 Å². The minimum Gasteiger partial charge on any atom is -0.458 e. The Bertz CT molecular complexity index is 1890. The largest absolute Gasteiger partial charge is 0.458 e. The monoisotopic (exact) mass is 637 g/mol. The molecule has 2 aromatic heterocycles. The molecule has 242 valence electrons. The van der Waals surface area contributed by atoms with Gasteiger partial charge in [0.2, 0.25) is 11.8 Å². The van der Waals surface area contributed by atoms with Gasteiger partial charge in [0.1, 0.15) is 32.3 Å². The van der Waals surface area contributed by atoms with E-state index in [2.05, 4.69) is 20.7 Å². The lowest BCUT2D eigenvalue weighted by atomic mass is 9.81. The number of rotatable bonds is 8. The quantitative estimate of drug-likeness (QED) is 0.124. The highest BCUT2D eigenvalue weighted by Crippen LogP contribution is 2.45. The summed E-state index contributed by atoms with van der Waals surface area (Å²) < 4.78 is 31.5. The van der Waals surface area contributed by atoms with E-state index >= 15 is 4.39 Å². The van der Waals surface area contributed by atoms with Gasteiger partial charge in [0.15, 0.2) is 5.60 Å². The van der Waals surface area contributed by atoms with Crippen LogP contribution in [-0.4, -0.2) is 65.5 Å². The Balaban J connectivity index is 1.32. The molecule has 2 atom stereocenters. The lowest BCUT2D eigenvalue weighted by molar-refractivity contribution is -0.172. The zero-order valence-electron chi connectivity index (χ0n) is 25.4. The number of nitrogens with one attached hydrogen (secondary N) is 3. The van der Waals surface area contributed by atoms with Crippen molar-refractivity contribution in [3.8, 4) is 11.4 Å². The maximum Gasteiger partial charge on any atom is 0.407 e. The molecule has 0 bridgehead atoms. The maximum absolute atomic E-state index is 15.1. The molecule has 46 heavy (non-hydrogen) atoms. The highest BCUT2D eigenvalue weighted by atomic mass is 19.1. The number of carbonyl (C=O) groups excluding carboxylic acids is 4. The zero-order chi connectivity index (χ0) is 32.9. The average molecular weight is 638 g/mol. The van der Waals surface area contributed by atoms with Crippen LogP contribution in [0.25, 0.3) is 22.3 Å². The normalized spacial score (nSPS) is 19.1. The Morgan fingerprint density at radius 1 is 1.17 bits per heavy atom. The Morgan fingerprint density at radius 2 is 1.96 bits per heavy atom. The van der Waals surface area contributed by atoms with Crippen molar-refractivity contribution in [1.29, 1.82) is 0 Å². The molecule has 4 N–H and O–H groups in total. The van der Waals surface area contributed by atoms with Gasteiger partial charge in [-0.05, 0) is 48.9 Å². The average Bonchev–Trinajstić information content (AvgIpc) is 3.41. The van der Waals surface area contributed by atoms with Crippen LogP contribution in [0.15, 0.2) is 16.9 Å². The molecule has 3 aliphatic rings. The number of benzene rings is 1. The van der Waals surface area contributed by atoms with Crippen molar-refractivity contribution in [1.82, 2.24) is 25.5 Å². The number of ether oxygens (including phenoxy) is 3. The van der Waals surface area contributed by atoms with Gasteiger partial charge in [-0.15, -0.1) is 0 Å². The number of halogens is 1. The second kappa shape index (κ2) is 11.8. The van der Waals surface area contributed by atoms with Crippen LogP contribution in [0.1, 0.15) is 59.2 Å². The number of nitrogens with zero attached hydrogens (tertiary/aromatic N) is 2. The number of aryl methyl sites for hydroxylation is 1. The number of carbonyl (C=O) groups is 4. The van der Waals surface area contributed by atoms with Gasteiger partial charge in [-0.3, -0.25) is 14.4 Å². The Morgan fingerprint density at radius 3 is 2.70 bits per heavy atom. The van der Waals surface area contributed by atoms with Crippen LogP contribution >= 0.6 is 0 Å². The van der Waals surface area contributed by atoms with Gasteiger partial charge in [-0.25, -0.2) is 19.0 Å². The predicted molar refractivity (Wildman–Crippen MR) is 158 cm³/mol. The molecule has 1 aromatic carbocycles. The first-order valence-electron chi connectivity index (χ1n) is 14.8. The van der Waals surface area contributed by atoms with Gasteiger partial charge in [0.05, 0.1) is 42.2 Å². The van der Waals surface area contributed by atoms with Crippen LogP contribution in [-0.2, 0) is 53.8 Å². The summed E-state index contributed by atoms with van der Waals surface area (Å²) in [5.74, 6) is -2.28. The van der Waals surface area contributed by atoms with E-state index in [9.17, 15) is 29.1 Å². The molecule has 0 saturated heterocycles. The molecule has 0 spiro atoms.